The van der Waals surface area contributed by atoms with Gasteiger partial charge in [-0.1, -0.05) is 48.5 Å². The Bertz CT molecular complexity index is 883. The topological polar surface area (TPSA) is 26.3 Å². The van der Waals surface area contributed by atoms with Crippen LogP contribution in [0.4, 0.5) is 0 Å². The second-order valence-corrected chi connectivity index (χ2v) is 9.15. The summed E-state index contributed by atoms with van der Waals surface area (Å²) in [5.74, 6) is -0.0662. The van der Waals surface area contributed by atoms with Crippen molar-refractivity contribution in [1.29, 1.82) is 0 Å². The zero-order chi connectivity index (χ0) is 18.2. The van der Waals surface area contributed by atoms with Gasteiger partial charge in [0, 0.05) is 25.7 Å². The second-order valence-electron chi connectivity index (χ2n) is 9.15. The quantitative estimate of drug-likeness (QED) is 0.459. The van der Waals surface area contributed by atoms with Crippen LogP contribution in [0, 0.1) is 0 Å². The minimum absolute atomic E-state index is 0.0662. The first-order chi connectivity index (χ1) is 13.1. The second kappa shape index (κ2) is 5.23. The van der Waals surface area contributed by atoms with Crippen LogP contribution in [-0.4, -0.2) is 41.7 Å². The predicted octanol–water partition coefficient (Wildman–Crippen LogP) is 4.04. The van der Waals surface area contributed by atoms with E-state index in [1.165, 1.54) is 41.5 Å². The molecular formula is C24H26NO2+. The third-order valence-corrected chi connectivity index (χ3v) is 8.00. The van der Waals surface area contributed by atoms with E-state index in [9.17, 15) is 4.79 Å². The molecule has 3 heteroatoms. The molecule has 6 rings (SSSR count). The molecule has 2 aromatic rings. The maximum absolute atomic E-state index is 13.5. The molecule has 4 aliphatic rings. The number of hydrogen-bond acceptors (Lipinski definition) is 2. The summed E-state index contributed by atoms with van der Waals surface area (Å²) in [4.78, 5) is 13.5. The molecule has 2 atom stereocenters. The molecule has 2 bridgehead atoms. The van der Waals surface area contributed by atoms with Crippen LogP contribution in [0.1, 0.15) is 43.7 Å². The summed E-state index contributed by atoms with van der Waals surface area (Å²) in [5.41, 5.74) is 3.82. The van der Waals surface area contributed by atoms with Crippen molar-refractivity contribution in [3.63, 3.8) is 0 Å². The van der Waals surface area contributed by atoms with Crippen molar-refractivity contribution in [2.75, 3.05) is 13.1 Å². The maximum Gasteiger partial charge on any atom is 0.321 e. The lowest BCUT2D eigenvalue weighted by molar-refractivity contribution is -0.846. The zero-order valence-electron chi connectivity index (χ0n) is 15.9. The molecule has 2 aromatic carbocycles. The van der Waals surface area contributed by atoms with Gasteiger partial charge in [-0.05, 0) is 29.2 Å². The molecule has 0 aromatic heterocycles. The van der Waals surface area contributed by atoms with E-state index in [0.717, 1.165) is 36.1 Å². The van der Waals surface area contributed by atoms with Crippen molar-refractivity contribution >= 4 is 5.97 Å². The number of hydrogen-bond donors (Lipinski definition) is 0. The third-order valence-electron chi connectivity index (χ3n) is 8.00. The van der Waals surface area contributed by atoms with Gasteiger partial charge in [0.25, 0.3) is 0 Å². The van der Waals surface area contributed by atoms with Gasteiger partial charge in [-0.25, -0.2) is 0 Å². The van der Waals surface area contributed by atoms with E-state index in [0.29, 0.717) is 0 Å². The number of carbonyl (C=O) groups excluding carboxylic acids is 1. The molecule has 1 spiro atoms. The van der Waals surface area contributed by atoms with E-state index in [1.54, 1.807) is 0 Å². The fraction of sp³-hybridized carbons (Fsp3) is 0.458. The van der Waals surface area contributed by atoms with Crippen LogP contribution in [0.5, 0.6) is 0 Å². The van der Waals surface area contributed by atoms with Crippen LogP contribution in [-0.2, 0) is 14.9 Å². The molecule has 2 unspecified atom stereocenters. The van der Waals surface area contributed by atoms with Crippen LogP contribution in [0.25, 0.3) is 11.1 Å². The Morgan fingerprint density at radius 1 is 0.926 bits per heavy atom. The van der Waals surface area contributed by atoms with Gasteiger partial charge < -0.3 is 9.22 Å². The van der Waals surface area contributed by atoms with Crippen molar-refractivity contribution in [2.24, 2.45) is 0 Å². The van der Waals surface area contributed by atoms with E-state index in [1.807, 2.05) is 12.1 Å². The molecule has 3 aliphatic heterocycles. The standard InChI is InChI=1S/C24H26NO2/c1-24(21-8-4-2-6-19(21)20-7-3-5-9-22(20)24)23(26)27-18-14-16-10-11-17(15-18)25(16)12-13-25/h2-9,16-18H,10-15H2,1H3/q+1. The summed E-state index contributed by atoms with van der Waals surface area (Å²) >= 11 is 0. The number of piperidine rings is 1. The van der Waals surface area contributed by atoms with Crippen LogP contribution in [0.15, 0.2) is 48.5 Å². The van der Waals surface area contributed by atoms with Gasteiger partial charge in [0.1, 0.15) is 24.6 Å². The van der Waals surface area contributed by atoms with Gasteiger partial charge in [0.15, 0.2) is 0 Å². The number of rotatable bonds is 2. The molecule has 3 fully saturated rings. The number of ether oxygens (including phenoxy) is 1. The highest BCUT2D eigenvalue weighted by atomic mass is 16.5. The van der Waals surface area contributed by atoms with Crippen LogP contribution in [0.3, 0.4) is 0 Å². The van der Waals surface area contributed by atoms with Crippen LogP contribution < -0.4 is 0 Å². The average Bonchev–Trinajstić information content (AvgIpc) is 3.40. The van der Waals surface area contributed by atoms with Crippen LogP contribution >= 0.6 is 0 Å². The number of esters is 1. The Morgan fingerprint density at radius 2 is 1.44 bits per heavy atom. The number of fused-ring (bicyclic) bond motifs is 3. The Hall–Kier alpha value is -2.13. The number of benzene rings is 2. The minimum Gasteiger partial charge on any atom is -0.461 e. The lowest BCUT2D eigenvalue weighted by Crippen LogP contribution is -2.49. The average molecular weight is 360 g/mol. The van der Waals surface area contributed by atoms with Crippen molar-refractivity contribution < 1.29 is 14.0 Å². The highest BCUT2D eigenvalue weighted by Crippen LogP contribution is 2.51. The summed E-state index contributed by atoms with van der Waals surface area (Å²) in [6, 6.07) is 18.1. The molecule has 138 valence electrons. The van der Waals surface area contributed by atoms with Crippen molar-refractivity contribution in [3.8, 4) is 11.1 Å². The largest absolute Gasteiger partial charge is 0.461 e. The summed E-state index contributed by atoms with van der Waals surface area (Å²) < 4.78 is 7.59. The van der Waals surface area contributed by atoms with Crippen molar-refractivity contribution in [1.82, 2.24) is 0 Å². The number of nitrogens with zero attached hydrogens (tertiary/aromatic N) is 1. The van der Waals surface area contributed by atoms with Gasteiger partial charge in [-0.2, -0.15) is 0 Å². The zero-order valence-corrected chi connectivity index (χ0v) is 15.9. The molecule has 3 saturated heterocycles. The first-order valence-corrected chi connectivity index (χ1v) is 10.4. The normalized spacial score (nSPS) is 30.6. The van der Waals surface area contributed by atoms with E-state index in [-0.39, 0.29) is 12.1 Å². The Labute approximate surface area is 160 Å². The molecule has 0 N–H and O–H groups in total. The Balaban J connectivity index is 1.33. The predicted molar refractivity (Wildman–Crippen MR) is 104 cm³/mol. The number of quaternary nitrogens is 1. The molecule has 1 aliphatic carbocycles. The summed E-state index contributed by atoms with van der Waals surface area (Å²) in [6.45, 7) is 4.76. The lowest BCUT2D eigenvalue weighted by Gasteiger charge is -2.37. The van der Waals surface area contributed by atoms with Crippen LogP contribution in [0.2, 0.25) is 0 Å². The summed E-state index contributed by atoms with van der Waals surface area (Å²) in [6.07, 6.45) is 4.85. The van der Waals surface area contributed by atoms with E-state index < -0.39 is 5.41 Å². The third kappa shape index (κ3) is 1.98. The van der Waals surface area contributed by atoms with Gasteiger partial charge >= 0.3 is 5.97 Å². The van der Waals surface area contributed by atoms with Crippen molar-refractivity contribution in [3.05, 3.63) is 59.7 Å². The lowest BCUT2D eigenvalue weighted by atomic mass is 9.80. The highest BCUT2D eigenvalue weighted by molar-refractivity contribution is 5.97. The molecular weight excluding hydrogens is 334 g/mol. The summed E-state index contributed by atoms with van der Waals surface area (Å²) in [5, 5.41) is 0. The SMILES string of the molecule is CC1(C(=O)OC2CC3CCC(C2)[N+]32CC2)c2ccccc2-c2ccccc21. The first kappa shape index (κ1) is 15.9. The fourth-order valence-corrected chi connectivity index (χ4v) is 6.44. The van der Waals surface area contributed by atoms with Gasteiger partial charge in [0.05, 0.1) is 12.1 Å². The smallest absolute Gasteiger partial charge is 0.321 e. The molecule has 3 nitrogen and oxygen atoms in total. The van der Waals surface area contributed by atoms with Gasteiger partial charge in [-0.15, -0.1) is 0 Å². The molecule has 3 heterocycles. The first-order valence-electron chi connectivity index (χ1n) is 10.4. The molecule has 0 radical (unpaired) electrons. The molecule has 0 amide bonds. The maximum atomic E-state index is 13.5. The number of carbonyl (C=O) groups is 1. The molecule has 0 saturated carbocycles. The van der Waals surface area contributed by atoms with Gasteiger partial charge in [-0.3, -0.25) is 4.79 Å². The van der Waals surface area contributed by atoms with E-state index >= 15 is 0 Å². The van der Waals surface area contributed by atoms with E-state index in [2.05, 4.69) is 43.3 Å². The highest BCUT2D eigenvalue weighted by Gasteiger charge is 2.62. The minimum atomic E-state index is -0.699. The summed E-state index contributed by atoms with van der Waals surface area (Å²) in [7, 11) is 0. The van der Waals surface area contributed by atoms with Gasteiger partial charge in [0.2, 0.25) is 0 Å². The Morgan fingerprint density at radius 3 is 1.96 bits per heavy atom. The fourth-order valence-electron chi connectivity index (χ4n) is 6.44. The molecule has 27 heavy (non-hydrogen) atoms. The van der Waals surface area contributed by atoms with E-state index in [4.69, 9.17) is 4.74 Å². The Kier molecular flexibility index (Phi) is 3.08. The van der Waals surface area contributed by atoms with Crippen molar-refractivity contribution in [2.45, 2.75) is 56.2 Å². The monoisotopic (exact) mass is 360 g/mol.